The van der Waals surface area contributed by atoms with Crippen LogP contribution in [0.3, 0.4) is 0 Å². The molecule has 7 nitrogen and oxygen atoms in total. The Hall–Kier alpha value is -3.06. The molecule has 1 saturated heterocycles. The minimum absolute atomic E-state index is 0.0270. The van der Waals surface area contributed by atoms with Crippen molar-refractivity contribution in [2.45, 2.75) is 38.1 Å². The third kappa shape index (κ3) is 2.13. The molecule has 2 N–H and O–H groups in total. The summed E-state index contributed by atoms with van der Waals surface area (Å²) < 4.78 is 17.1. The Morgan fingerprint density at radius 1 is 1.11 bits per heavy atom. The van der Waals surface area contributed by atoms with Crippen LogP contribution in [0.25, 0.3) is 0 Å². The second-order valence-electron chi connectivity index (χ2n) is 7.52. The van der Waals surface area contributed by atoms with E-state index < -0.39 is 23.5 Å². The summed E-state index contributed by atoms with van der Waals surface area (Å²) in [5.41, 5.74) is 0.427. The number of ether oxygens (including phenoxy) is 3. The van der Waals surface area contributed by atoms with Crippen molar-refractivity contribution in [2.24, 2.45) is 0 Å². The van der Waals surface area contributed by atoms with Crippen molar-refractivity contribution in [2.75, 3.05) is 7.11 Å². The highest BCUT2D eigenvalue weighted by molar-refractivity contribution is 6.30. The van der Waals surface area contributed by atoms with Gasteiger partial charge in [0.05, 0.1) is 29.9 Å². The maximum Gasteiger partial charge on any atom is 0.208 e. The second-order valence-corrected chi connectivity index (χ2v) is 7.52. The van der Waals surface area contributed by atoms with Gasteiger partial charge in [-0.15, -0.1) is 0 Å². The van der Waals surface area contributed by atoms with Crippen LogP contribution >= 0.6 is 0 Å². The van der Waals surface area contributed by atoms with E-state index >= 15 is 0 Å². The van der Waals surface area contributed by atoms with Crippen molar-refractivity contribution in [3.8, 4) is 23.0 Å². The van der Waals surface area contributed by atoms with E-state index in [1.54, 1.807) is 0 Å². The minimum atomic E-state index is -0.822. The molecule has 2 aromatic rings. The molecule has 0 unspecified atom stereocenters. The van der Waals surface area contributed by atoms with Gasteiger partial charge in [-0.25, -0.2) is 0 Å². The monoisotopic (exact) mass is 382 g/mol. The van der Waals surface area contributed by atoms with Gasteiger partial charge in [-0.3, -0.25) is 9.59 Å². The fourth-order valence-electron chi connectivity index (χ4n) is 4.45. The number of phenolic OH excluding ortho intramolecular Hbond substituents is 2. The van der Waals surface area contributed by atoms with Gasteiger partial charge in [0, 0.05) is 30.5 Å². The molecule has 2 heterocycles. The van der Waals surface area contributed by atoms with Crippen LogP contribution < -0.4 is 9.47 Å². The van der Waals surface area contributed by atoms with Gasteiger partial charge in [0.25, 0.3) is 0 Å². The standard InChI is InChI=1S/C21H18O7/c1-21-5-3-4-12(27-21)17-14(28-21)8-11-16(20(17)25)19(24)15-10(18(11)23)6-9(22)7-13(15)26-2/h6-8,12,22,25H,3-5H2,1-2H3/t12-,21-/m1/s1. The number of benzene rings is 2. The summed E-state index contributed by atoms with van der Waals surface area (Å²) in [5.74, 6) is -1.89. The maximum atomic E-state index is 13.2. The van der Waals surface area contributed by atoms with Crippen LogP contribution in [0.2, 0.25) is 0 Å². The van der Waals surface area contributed by atoms with Crippen LogP contribution in [0, 0.1) is 0 Å². The normalized spacial score (nSPS) is 24.7. The zero-order valence-electron chi connectivity index (χ0n) is 15.4. The van der Waals surface area contributed by atoms with Crippen LogP contribution in [0.5, 0.6) is 23.0 Å². The maximum absolute atomic E-state index is 13.2. The van der Waals surface area contributed by atoms with Crippen molar-refractivity contribution in [3.05, 3.63) is 46.0 Å². The van der Waals surface area contributed by atoms with Crippen molar-refractivity contribution >= 4 is 11.6 Å². The predicted octanol–water partition coefficient (Wildman–Crippen LogP) is 3.23. The molecule has 28 heavy (non-hydrogen) atoms. The van der Waals surface area contributed by atoms with Gasteiger partial charge in [0.15, 0.2) is 5.78 Å². The number of hydrogen-bond acceptors (Lipinski definition) is 7. The third-order valence-electron chi connectivity index (χ3n) is 5.69. The predicted molar refractivity (Wildman–Crippen MR) is 96.3 cm³/mol. The lowest BCUT2D eigenvalue weighted by molar-refractivity contribution is -0.243. The van der Waals surface area contributed by atoms with Gasteiger partial charge in [0.1, 0.15) is 23.0 Å². The quantitative estimate of drug-likeness (QED) is 0.666. The van der Waals surface area contributed by atoms with Gasteiger partial charge in [-0.05, 0) is 25.0 Å². The molecule has 0 spiro atoms. The SMILES string of the molecule is COc1cc(O)cc2c1C(=O)c1c(cc3c(c1O)[C@H]1CCC[C@@](C)(O3)O1)C2=O. The number of hydrogen-bond donors (Lipinski definition) is 2. The number of carbonyl (C=O) groups excluding carboxylic acids is 2. The first-order chi connectivity index (χ1) is 13.3. The van der Waals surface area contributed by atoms with Crippen molar-refractivity contribution in [1.29, 1.82) is 0 Å². The van der Waals surface area contributed by atoms with Crippen molar-refractivity contribution in [3.63, 3.8) is 0 Å². The van der Waals surface area contributed by atoms with E-state index in [0.29, 0.717) is 24.2 Å². The molecule has 144 valence electrons. The van der Waals surface area contributed by atoms with Gasteiger partial charge < -0.3 is 24.4 Å². The number of methoxy groups -OCH3 is 1. The number of rotatable bonds is 1. The first-order valence-electron chi connectivity index (χ1n) is 9.10. The van der Waals surface area contributed by atoms with Crippen LogP contribution in [0.4, 0.5) is 0 Å². The highest BCUT2D eigenvalue weighted by atomic mass is 16.7. The Labute approximate surface area is 160 Å². The Morgan fingerprint density at radius 3 is 2.61 bits per heavy atom. The van der Waals surface area contributed by atoms with Crippen molar-refractivity contribution in [1.82, 2.24) is 0 Å². The Bertz CT molecular complexity index is 1070. The van der Waals surface area contributed by atoms with E-state index in [0.717, 1.165) is 6.42 Å². The summed E-state index contributed by atoms with van der Waals surface area (Å²) in [6, 6.07) is 4.00. The molecule has 5 rings (SSSR count). The summed E-state index contributed by atoms with van der Waals surface area (Å²) in [6.45, 7) is 1.82. The van der Waals surface area contributed by atoms with Gasteiger partial charge >= 0.3 is 0 Å². The molecule has 2 aliphatic heterocycles. The number of ketones is 2. The number of phenols is 2. The smallest absolute Gasteiger partial charge is 0.208 e. The summed E-state index contributed by atoms with van der Waals surface area (Å²) in [7, 11) is 1.35. The molecule has 2 bridgehead atoms. The number of aromatic hydroxyl groups is 2. The molecule has 2 atom stereocenters. The first-order valence-corrected chi connectivity index (χ1v) is 9.10. The molecule has 2 aromatic carbocycles. The molecule has 3 aliphatic rings. The van der Waals surface area contributed by atoms with Crippen LogP contribution in [0.15, 0.2) is 18.2 Å². The first kappa shape index (κ1) is 17.1. The molecular formula is C21H18O7. The fraction of sp³-hybridized carbons (Fsp3) is 0.333. The van der Waals surface area contributed by atoms with Crippen molar-refractivity contribution < 1.29 is 34.0 Å². The van der Waals surface area contributed by atoms with E-state index in [2.05, 4.69) is 0 Å². The largest absolute Gasteiger partial charge is 0.508 e. The molecule has 0 radical (unpaired) electrons. The third-order valence-corrected chi connectivity index (χ3v) is 5.69. The topological polar surface area (TPSA) is 102 Å². The fourth-order valence-corrected chi connectivity index (χ4v) is 4.45. The average molecular weight is 382 g/mol. The van der Waals surface area contributed by atoms with E-state index in [4.69, 9.17) is 14.2 Å². The van der Waals surface area contributed by atoms with E-state index in [1.807, 2.05) is 6.92 Å². The molecular weight excluding hydrogens is 364 g/mol. The van der Waals surface area contributed by atoms with Crippen LogP contribution in [-0.2, 0) is 4.74 Å². The summed E-state index contributed by atoms with van der Waals surface area (Å²) in [5, 5.41) is 20.9. The number of fused-ring (bicyclic) bond motifs is 6. The molecule has 0 aromatic heterocycles. The van der Waals surface area contributed by atoms with E-state index in [9.17, 15) is 19.8 Å². The molecule has 1 fully saturated rings. The average Bonchev–Trinajstić information content (AvgIpc) is 2.64. The number of carbonyl (C=O) groups is 2. The van der Waals surface area contributed by atoms with E-state index in [1.165, 1.54) is 25.3 Å². The lowest BCUT2D eigenvalue weighted by atomic mass is 9.80. The molecule has 0 saturated carbocycles. The zero-order chi connectivity index (χ0) is 19.8. The van der Waals surface area contributed by atoms with Gasteiger partial charge in [-0.2, -0.15) is 0 Å². The second kappa shape index (κ2) is 5.48. The van der Waals surface area contributed by atoms with E-state index in [-0.39, 0.29) is 39.5 Å². The lowest BCUT2D eigenvalue weighted by Crippen LogP contribution is -2.44. The highest BCUT2D eigenvalue weighted by Crippen LogP contribution is 2.53. The molecule has 7 heteroatoms. The van der Waals surface area contributed by atoms with Gasteiger partial charge in [-0.1, -0.05) is 0 Å². The summed E-state index contributed by atoms with van der Waals surface area (Å²) in [4.78, 5) is 26.4. The Morgan fingerprint density at radius 2 is 1.86 bits per heavy atom. The summed E-state index contributed by atoms with van der Waals surface area (Å²) >= 11 is 0. The molecule has 1 aliphatic carbocycles. The zero-order valence-corrected chi connectivity index (χ0v) is 15.4. The van der Waals surface area contributed by atoms with Crippen LogP contribution in [-0.4, -0.2) is 34.7 Å². The minimum Gasteiger partial charge on any atom is -0.508 e. The highest BCUT2D eigenvalue weighted by Gasteiger charge is 2.46. The lowest BCUT2D eigenvalue weighted by Gasteiger charge is -2.44. The Balaban J connectivity index is 1.77. The Kier molecular flexibility index (Phi) is 3.34. The molecule has 0 amide bonds. The van der Waals surface area contributed by atoms with Gasteiger partial charge in [0.2, 0.25) is 11.6 Å². The van der Waals surface area contributed by atoms with Crippen LogP contribution in [0.1, 0.15) is 69.7 Å². The summed E-state index contributed by atoms with van der Waals surface area (Å²) in [6.07, 6.45) is 1.84.